The molecule has 0 radical (unpaired) electrons. The summed E-state index contributed by atoms with van der Waals surface area (Å²) in [7, 11) is 0. The van der Waals surface area contributed by atoms with E-state index < -0.39 is 0 Å². The summed E-state index contributed by atoms with van der Waals surface area (Å²) in [5.74, 6) is 0.331. The lowest BCUT2D eigenvalue weighted by atomic mass is 9.98. The lowest BCUT2D eigenvalue weighted by Crippen LogP contribution is -2.48. The molecular weight excluding hydrogens is 244 g/mol. The number of unbranched alkanes of at least 4 members (excludes halogenated alkanes) is 2. The second kappa shape index (κ2) is 7.70. The summed E-state index contributed by atoms with van der Waals surface area (Å²) >= 11 is 0. The van der Waals surface area contributed by atoms with Crippen LogP contribution in [0.3, 0.4) is 0 Å². The van der Waals surface area contributed by atoms with Crippen LogP contribution in [0.1, 0.15) is 39.0 Å². The number of carbonyl (C=O) groups is 1. The van der Waals surface area contributed by atoms with E-state index in [1.165, 1.54) is 12.8 Å². The topological polar surface area (TPSA) is 50.8 Å². The Bertz CT molecular complexity index is 280. The maximum Gasteiger partial charge on any atom is 0.317 e. The third-order valence-corrected chi connectivity index (χ3v) is 3.83. The fourth-order valence-electron chi connectivity index (χ4n) is 2.75. The number of ether oxygens (including phenoxy) is 2. The van der Waals surface area contributed by atoms with Gasteiger partial charge in [-0.05, 0) is 19.3 Å². The highest BCUT2D eigenvalue weighted by molar-refractivity contribution is 5.74. The van der Waals surface area contributed by atoms with Crippen molar-refractivity contribution in [3.8, 4) is 0 Å². The van der Waals surface area contributed by atoms with Crippen LogP contribution in [0, 0.1) is 5.92 Å². The van der Waals surface area contributed by atoms with Gasteiger partial charge < -0.3 is 19.7 Å². The fourth-order valence-corrected chi connectivity index (χ4v) is 2.75. The van der Waals surface area contributed by atoms with E-state index >= 15 is 0 Å². The largest absolute Gasteiger partial charge is 0.350 e. The van der Waals surface area contributed by atoms with E-state index in [1.54, 1.807) is 0 Å². The average molecular weight is 270 g/mol. The molecule has 0 aromatic rings. The van der Waals surface area contributed by atoms with Crippen LogP contribution in [0.25, 0.3) is 0 Å². The number of urea groups is 1. The van der Waals surface area contributed by atoms with Crippen molar-refractivity contribution in [2.24, 2.45) is 5.92 Å². The number of carbonyl (C=O) groups excluding carboxylic acids is 1. The molecular formula is C14H26N2O3. The van der Waals surface area contributed by atoms with Crippen molar-refractivity contribution in [1.29, 1.82) is 0 Å². The maximum absolute atomic E-state index is 12.1. The summed E-state index contributed by atoms with van der Waals surface area (Å²) < 4.78 is 11.1. The molecule has 0 aromatic heterocycles. The number of nitrogens with one attached hydrogen (secondary N) is 1. The van der Waals surface area contributed by atoms with Gasteiger partial charge in [-0.15, -0.1) is 0 Å². The molecule has 0 aliphatic carbocycles. The zero-order chi connectivity index (χ0) is 13.5. The van der Waals surface area contributed by atoms with Crippen LogP contribution < -0.4 is 5.32 Å². The second-order valence-electron chi connectivity index (χ2n) is 5.40. The third kappa shape index (κ3) is 4.35. The number of amides is 2. The molecule has 2 amide bonds. The summed E-state index contributed by atoms with van der Waals surface area (Å²) in [5, 5.41) is 3.00. The Balaban J connectivity index is 1.71. The Morgan fingerprint density at radius 1 is 1.32 bits per heavy atom. The lowest BCUT2D eigenvalue weighted by molar-refractivity contribution is -0.0963. The SMILES string of the molecule is CCCCCNC(=O)N1CCCC(C2OCCO2)C1. The first-order valence-corrected chi connectivity index (χ1v) is 7.57. The zero-order valence-electron chi connectivity index (χ0n) is 11.9. The first kappa shape index (κ1) is 14.6. The second-order valence-corrected chi connectivity index (χ2v) is 5.40. The van der Waals surface area contributed by atoms with Crippen molar-refractivity contribution in [2.75, 3.05) is 32.8 Å². The molecule has 2 aliphatic rings. The molecule has 2 saturated heterocycles. The third-order valence-electron chi connectivity index (χ3n) is 3.83. The summed E-state index contributed by atoms with van der Waals surface area (Å²) in [6, 6.07) is 0.0683. The van der Waals surface area contributed by atoms with E-state index in [0.29, 0.717) is 19.1 Å². The molecule has 5 nitrogen and oxygen atoms in total. The van der Waals surface area contributed by atoms with Crippen LogP contribution >= 0.6 is 0 Å². The Hall–Kier alpha value is -0.810. The molecule has 5 heteroatoms. The highest BCUT2D eigenvalue weighted by Gasteiger charge is 2.32. The van der Waals surface area contributed by atoms with E-state index in [4.69, 9.17) is 9.47 Å². The highest BCUT2D eigenvalue weighted by atomic mass is 16.7. The van der Waals surface area contributed by atoms with Crippen molar-refractivity contribution >= 4 is 6.03 Å². The van der Waals surface area contributed by atoms with E-state index in [9.17, 15) is 4.79 Å². The first-order chi connectivity index (χ1) is 9.31. The molecule has 0 bridgehead atoms. The van der Waals surface area contributed by atoms with E-state index in [1.807, 2.05) is 4.90 Å². The molecule has 0 saturated carbocycles. The van der Waals surface area contributed by atoms with Gasteiger partial charge >= 0.3 is 6.03 Å². The van der Waals surface area contributed by atoms with Gasteiger partial charge in [-0.3, -0.25) is 0 Å². The smallest absolute Gasteiger partial charge is 0.317 e. The van der Waals surface area contributed by atoms with E-state index in [2.05, 4.69) is 12.2 Å². The molecule has 2 fully saturated rings. The van der Waals surface area contributed by atoms with Gasteiger partial charge in [-0.1, -0.05) is 19.8 Å². The molecule has 2 aliphatic heterocycles. The number of piperidine rings is 1. The molecule has 1 unspecified atom stereocenters. The summed E-state index contributed by atoms with van der Waals surface area (Å²) in [4.78, 5) is 14.0. The van der Waals surface area contributed by atoms with Crippen LogP contribution in [0.2, 0.25) is 0 Å². The van der Waals surface area contributed by atoms with Gasteiger partial charge in [-0.2, -0.15) is 0 Å². The average Bonchev–Trinajstić information content (AvgIpc) is 2.98. The van der Waals surface area contributed by atoms with Gasteiger partial charge in [0.05, 0.1) is 13.2 Å². The standard InChI is InChI=1S/C14H26N2O3/c1-2-3-4-7-15-14(17)16-8-5-6-12(11-16)13-18-9-10-19-13/h12-13H,2-11H2,1H3,(H,15,17). The number of hydrogen-bond acceptors (Lipinski definition) is 3. The highest BCUT2D eigenvalue weighted by Crippen LogP contribution is 2.24. The fraction of sp³-hybridized carbons (Fsp3) is 0.929. The van der Waals surface area contributed by atoms with Gasteiger partial charge in [0.25, 0.3) is 0 Å². The summed E-state index contributed by atoms with van der Waals surface area (Å²) in [6.45, 7) is 5.92. The lowest BCUT2D eigenvalue weighted by Gasteiger charge is -2.34. The number of rotatable bonds is 5. The van der Waals surface area contributed by atoms with Gasteiger partial charge in [0.2, 0.25) is 0 Å². The zero-order valence-corrected chi connectivity index (χ0v) is 11.9. The molecule has 0 aromatic carbocycles. The molecule has 2 rings (SSSR count). The predicted molar refractivity (Wildman–Crippen MR) is 72.9 cm³/mol. The maximum atomic E-state index is 12.1. The van der Waals surface area contributed by atoms with Gasteiger partial charge in [0.1, 0.15) is 0 Å². The van der Waals surface area contributed by atoms with Crippen molar-refractivity contribution in [1.82, 2.24) is 10.2 Å². The molecule has 0 spiro atoms. The van der Waals surface area contributed by atoms with E-state index in [-0.39, 0.29) is 12.3 Å². The molecule has 1 atom stereocenters. The van der Waals surface area contributed by atoms with Crippen molar-refractivity contribution in [2.45, 2.75) is 45.3 Å². The summed E-state index contributed by atoms with van der Waals surface area (Å²) in [6.07, 6.45) is 5.44. The summed E-state index contributed by atoms with van der Waals surface area (Å²) in [5.41, 5.74) is 0. The van der Waals surface area contributed by atoms with Crippen LogP contribution in [0.15, 0.2) is 0 Å². The number of nitrogens with zero attached hydrogens (tertiary/aromatic N) is 1. The van der Waals surface area contributed by atoms with Crippen molar-refractivity contribution in [3.05, 3.63) is 0 Å². The minimum atomic E-state index is -0.101. The van der Waals surface area contributed by atoms with Gasteiger partial charge in [0.15, 0.2) is 6.29 Å². The minimum absolute atomic E-state index is 0.0683. The van der Waals surface area contributed by atoms with Crippen molar-refractivity contribution < 1.29 is 14.3 Å². The van der Waals surface area contributed by atoms with Gasteiger partial charge in [0, 0.05) is 25.6 Å². The van der Waals surface area contributed by atoms with Gasteiger partial charge in [-0.25, -0.2) is 4.79 Å². The van der Waals surface area contributed by atoms with E-state index in [0.717, 1.165) is 38.9 Å². The number of hydrogen-bond donors (Lipinski definition) is 1. The molecule has 1 N–H and O–H groups in total. The predicted octanol–water partition coefficient (Wildman–Crippen LogP) is 1.97. The Morgan fingerprint density at radius 2 is 2.11 bits per heavy atom. The van der Waals surface area contributed by atoms with Crippen LogP contribution in [0.4, 0.5) is 4.79 Å². The number of likely N-dealkylation sites (tertiary alicyclic amines) is 1. The van der Waals surface area contributed by atoms with Crippen LogP contribution in [0.5, 0.6) is 0 Å². The Morgan fingerprint density at radius 3 is 2.84 bits per heavy atom. The normalized spacial score (nSPS) is 24.7. The minimum Gasteiger partial charge on any atom is -0.350 e. The monoisotopic (exact) mass is 270 g/mol. The Labute approximate surface area is 115 Å². The molecule has 2 heterocycles. The van der Waals surface area contributed by atoms with Crippen molar-refractivity contribution in [3.63, 3.8) is 0 Å². The molecule has 19 heavy (non-hydrogen) atoms. The quantitative estimate of drug-likeness (QED) is 0.777. The first-order valence-electron chi connectivity index (χ1n) is 7.57. The van der Waals surface area contributed by atoms with Crippen LogP contribution in [-0.4, -0.2) is 50.1 Å². The Kier molecular flexibility index (Phi) is 5.92. The van der Waals surface area contributed by atoms with Crippen LogP contribution in [-0.2, 0) is 9.47 Å². The molecule has 110 valence electrons.